The molecule has 2 rings (SSSR count). The lowest BCUT2D eigenvalue weighted by atomic mass is 9.84. The molecule has 1 nitrogen and oxygen atoms in total. The highest BCUT2D eigenvalue weighted by atomic mass is 16.5. The SMILES string of the molecule is CC(C)c1cc(C(C)(C)C)ccc1OC1CC1. The van der Waals surface area contributed by atoms with Gasteiger partial charge in [-0.15, -0.1) is 0 Å². The van der Waals surface area contributed by atoms with Crippen molar-refractivity contribution in [3.8, 4) is 5.75 Å². The third kappa shape index (κ3) is 3.02. The zero-order valence-corrected chi connectivity index (χ0v) is 11.7. The van der Waals surface area contributed by atoms with Gasteiger partial charge >= 0.3 is 0 Å². The zero-order valence-electron chi connectivity index (χ0n) is 11.7. The lowest BCUT2D eigenvalue weighted by Gasteiger charge is -2.22. The molecule has 0 radical (unpaired) electrons. The predicted molar refractivity (Wildman–Crippen MR) is 72.9 cm³/mol. The molecule has 0 amide bonds. The second kappa shape index (κ2) is 4.36. The fraction of sp³-hybridized carbons (Fsp3) is 0.625. The van der Waals surface area contributed by atoms with E-state index in [2.05, 4.69) is 52.8 Å². The molecule has 1 aliphatic rings. The van der Waals surface area contributed by atoms with Gasteiger partial charge in [0.25, 0.3) is 0 Å². The number of rotatable bonds is 3. The summed E-state index contributed by atoms with van der Waals surface area (Å²) in [5, 5.41) is 0. The summed E-state index contributed by atoms with van der Waals surface area (Å²) in [4.78, 5) is 0. The van der Waals surface area contributed by atoms with Crippen molar-refractivity contribution >= 4 is 0 Å². The van der Waals surface area contributed by atoms with Crippen LogP contribution in [0.1, 0.15) is 64.5 Å². The second-order valence-electron chi connectivity index (χ2n) is 6.47. The van der Waals surface area contributed by atoms with E-state index in [-0.39, 0.29) is 5.41 Å². The summed E-state index contributed by atoms with van der Waals surface area (Å²) in [6.07, 6.45) is 2.92. The van der Waals surface area contributed by atoms with Crippen LogP contribution in [0.25, 0.3) is 0 Å². The van der Waals surface area contributed by atoms with Gasteiger partial charge in [-0.25, -0.2) is 0 Å². The van der Waals surface area contributed by atoms with E-state index in [1.165, 1.54) is 24.0 Å². The van der Waals surface area contributed by atoms with Crippen molar-refractivity contribution in [2.75, 3.05) is 0 Å². The van der Waals surface area contributed by atoms with Gasteiger partial charge in [-0.2, -0.15) is 0 Å². The van der Waals surface area contributed by atoms with Crippen molar-refractivity contribution in [1.82, 2.24) is 0 Å². The third-order valence-electron chi connectivity index (χ3n) is 3.32. The Morgan fingerprint density at radius 2 is 1.82 bits per heavy atom. The summed E-state index contributed by atoms with van der Waals surface area (Å²) < 4.78 is 5.99. The van der Waals surface area contributed by atoms with Crippen LogP contribution in [0.15, 0.2) is 18.2 Å². The van der Waals surface area contributed by atoms with Crippen LogP contribution in [0, 0.1) is 0 Å². The van der Waals surface area contributed by atoms with Crippen molar-refractivity contribution < 1.29 is 4.74 Å². The Balaban J connectivity index is 2.33. The zero-order chi connectivity index (χ0) is 12.6. The maximum atomic E-state index is 5.99. The van der Waals surface area contributed by atoms with E-state index in [1.807, 2.05) is 0 Å². The number of benzene rings is 1. The molecule has 0 heterocycles. The molecule has 0 atom stereocenters. The minimum Gasteiger partial charge on any atom is -0.490 e. The first-order chi connectivity index (χ1) is 7.88. The summed E-state index contributed by atoms with van der Waals surface area (Å²) in [7, 11) is 0. The Morgan fingerprint density at radius 1 is 1.18 bits per heavy atom. The van der Waals surface area contributed by atoms with Gasteiger partial charge in [-0.05, 0) is 41.4 Å². The molecular weight excluding hydrogens is 208 g/mol. The van der Waals surface area contributed by atoms with Gasteiger partial charge in [0, 0.05) is 0 Å². The van der Waals surface area contributed by atoms with Crippen molar-refractivity contribution in [2.24, 2.45) is 0 Å². The highest BCUT2D eigenvalue weighted by Gasteiger charge is 2.25. The van der Waals surface area contributed by atoms with Gasteiger partial charge in [0.15, 0.2) is 0 Å². The molecule has 0 saturated heterocycles. The maximum Gasteiger partial charge on any atom is 0.123 e. The fourth-order valence-corrected chi connectivity index (χ4v) is 1.94. The Kier molecular flexibility index (Phi) is 3.20. The maximum absolute atomic E-state index is 5.99. The minimum atomic E-state index is 0.210. The molecule has 94 valence electrons. The van der Waals surface area contributed by atoms with E-state index < -0.39 is 0 Å². The first-order valence-electron chi connectivity index (χ1n) is 6.69. The molecule has 1 aliphatic carbocycles. The van der Waals surface area contributed by atoms with Gasteiger partial charge in [0.1, 0.15) is 5.75 Å². The molecule has 0 bridgehead atoms. The largest absolute Gasteiger partial charge is 0.490 e. The highest BCUT2D eigenvalue weighted by Crippen LogP contribution is 2.35. The van der Waals surface area contributed by atoms with E-state index in [4.69, 9.17) is 4.74 Å². The fourth-order valence-electron chi connectivity index (χ4n) is 1.94. The Hall–Kier alpha value is -0.980. The molecule has 17 heavy (non-hydrogen) atoms. The first kappa shape index (κ1) is 12.5. The average molecular weight is 232 g/mol. The van der Waals surface area contributed by atoms with Crippen LogP contribution in [-0.2, 0) is 5.41 Å². The van der Waals surface area contributed by atoms with E-state index >= 15 is 0 Å². The number of hydrogen-bond acceptors (Lipinski definition) is 1. The number of hydrogen-bond donors (Lipinski definition) is 0. The van der Waals surface area contributed by atoms with E-state index in [0.717, 1.165) is 5.75 Å². The van der Waals surface area contributed by atoms with Crippen LogP contribution >= 0.6 is 0 Å². The Labute approximate surface area is 105 Å². The summed E-state index contributed by atoms with van der Waals surface area (Å²) >= 11 is 0. The van der Waals surface area contributed by atoms with Crippen LogP contribution in [-0.4, -0.2) is 6.10 Å². The molecule has 1 aromatic rings. The minimum absolute atomic E-state index is 0.210. The van der Waals surface area contributed by atoms with Gasteiger partial charge in [-0.1, -0.05) is 46.8 Å². The average Bonchev–Trinajstić information content (AvgIpc) is 3.00. The van der Waals surface area contributed by atoms with Crippen LogP contribution in [0.5, 0.6) is 5.75 Å². The molecular formula is C16H24O. The lowest BCUT2D eigenvalue weighted by molar-refractivity contribution is 0.298. The Bertz CT molecular complexity index is 394. The van der Waals surface area contributed by atoms with E-state index in [1.54, 1.807) is 0 Å². The summed E-state index contributed by atoms with van der Waals surface area (Å²) in [5.74, 6) is 1.61. The van der Waals surface area contributed by atoms with Gasteiger partial charge in [0.05, 0.1) is 6.10 Å². The molecule has 0 spiro atoms. The third-order valence-corrected chi connectivity index (χ3v) is 3.32. The molecule has 0 unspecified atom stereocenters. The lowest BCUT2D eigenvalue weighted by Crippen LogP contribution is -2.12. The molecule has 1 fully saturated rings. The summed E-state index contributed by atoms with van der Waals surface area (Å²) in [6, 6.07) is 6.69. The first-order valence-corrected chi connectivity index (χ1v) is 6.69. The van der Waals surface area contributed by atoms with Crippen LogP contribution in [0.3, 0.4) is 0 Å². The topological polar surface area (TPSA) is 9.23 Å². The molecule has 1 heteroatoms. The smallest absolute Gasteiger partial charge is 0.123 e. The van der Waals surface area contributed by atoms with Gasteiger partial charge < -0.3 is 4.74 Å². The molecule has 0 N–H and O–H groups in total. The van der Waals surface area contributed by atoms with Crippen LogP contribution in [0.4, 0.5) is 0 Å². The van der Waals surface area contributed by atoms with Crippen LogP contribution < -0.4 is 4.74 Å². The quantitative estimate of drug-likeness (QED) is 0.737. The van der Waals surface area contributed by atoms with Gasteiger partial charge in [-0.3, -0.25) is 0 Å². The second-order valence-corrected chi connectivity index (χ2v) is 6.47. The monoisotopic (exact) mass is 232 g/mol. The molecule has 0 aliphatic heterocycles. The standard InChI is InChI=1S/C16H24O/c1-11(2)14-10-12(16(3,4)5)6-9-15(14)17-13-7-8-13/h6,9-11,13H,7-8H2,1-5H3. The Morgan fingerprint density at radius 3 is 2.29 bits per heavy atom. The van der Waals surface area contributed by atoms with Crippen molar-refractivity contribution in [2.45, 2.75) is 64.9 Å². The predicted octanol–water partition coefficient (Wildman–Crippen LogP) is 4.65. The summed E-state index contributed by atoms with van der Waals surface area (Å²) in [5.41, 5.74) is 2.95. The highest BCUT2D eigenvalue weighted by molar-refractivity contribution is 5.41. The molecule has 1 saturated carbocycles. The van der Waals surface area contributed by atoms with E-state index in [9.17, 15) is 0 Å². The van der Waals surface area contributed by atoms with Crippen molar-refractivity contribution in [3.05, 3.63) is 29.3 Å². The summed E-state index contributed by atoms with van der Waals surface area (Å²) in [6.45, 7) is 11.2. The van der Waals surface area contributed by atoms with Crippen molar-refractivity contribution in [3.63, 3.8) is 0 Å². The molecule has 1 aromatic carbocycles. The molecule has 0 aromatic heterocycles. The normalized spacial score (nSPS) is 16.4. The van der Waals surface area contributed by atoms with Crippen molar-refractivity contribution in [1.29, 1.82) is 0 Å². The van der Waals surface area contributed by atoms with Crippen LogP contribution in [0.2, 0.25) is 0 Å². The van der Waals surface area contributed by atoms with Gasteiger partial charge in [0.2, 0.25) is 0 Å². The van der Waals surface area contributed by atoms with E-state index in [0.29, 0.717) is 12.0 Å². The number of ether oxygens (including phenoxy) is 1.